The number of hydrogen-bond acceptors (Lipinski definition) is 0. The summed E-state index contributed by atoms with van der Waals surface area (Å²) in [4.78, 5) is 0. The Morgan fingerprint density at radius 3 is 2.27 bits per heavy atom. The monoisotopic (exact) mass is 410 g/mol. The lowest BCUT2D eigenvalue weighted by Gasteiger charge is -2.45. The first-order valence-electron chi connectivity index (χ1n) is 13.1. The number of hydrogen-bond donors (Lipinski definition) is 0. The third-order valence-corrected chi connectivity index (χ3v) is 9.07. The minimum atomic E-state index is -0.00106. The Kier molecular flexibility index (Phi) is 7.71. The van der Waals surface area contributed by atoms with Gasteiger partial charge >= 0.3 is 0 Å². The Morgan fingerprint density at radius 1 is 0.900 bits per heavy atom. The highest BCUT2D eigenvalue weighted by molar-refractivity contribution is 5.28. The fraction of sp³-hybridized carbons (Fsp3) is 0.724. The van der Waals surface area contributed by atoms with Crippen molar-refractivity contribution >= 4 is 0 Å². The summed E-state index contributed by atoms with van der Waals surface area (Å²) in [7, 11) is 0. The average Bonchev–Trinajstić information content (AvgIpc) is 2.78. The van der Waals surface area contributed by atoms with E-state index in [0.29, 0.717) is 5.92 Å². The lowest BCUT2D eigenvalue weighted by atomic mass is 9.60. The first kappa shape index (κ1) is 22.1. The lowest BCUT2D eigenvalue weighted by Crippen LogP contribution is -2.34. The fourth-order valence-corrected chi connectivity index (χ4v) is 7.29. The Bertz CT molecular complexity index is 684. The van der Waals surface area contributed by atoms with E-state index in [1.165, 1.54) is 82.6 Å². The number of allylic oxidation sites excluding steroid dienone is 1. The smallest absolute Gasteiger partial charge is 0.126 e. The molecular formula is C29H43F. The van der Waals surface area contributed by atoms with Crippen molar-refractivity contribution in [1.82, 2.24) is 0 Å². The molecular weight excluding hydrogens is 367 g/mol. The molecule has 30 heavy (non-hydrogen) atoms. The van der Waals surface area contributed by atoms with Crippen molar-refractivity contribution in [2.24, 2.45) is 29.6 Å². The SMILES string of the molecule is C=CCCc1ccc(C2CCC3CC(C4CCC(CCC)CC4)CCC3C2)cc1F. The quantitative estimate of drug-likeness (QED) is 0.394. The third kappa shape index (κ3) is 5.20. The van der Waals surface area contributed by atoms with Gasteiger partial charge in [-0.15, -0.1) is 6.58 Å². The maximum absolute atomic E-state index is 14.6. The Morgan fingerprint density at radius 2 is 1.57 bits per heavy atom. The molecule has 0 N–H and O–H groups in total. The van der Waals surface area contributed by atoms with Crippen LogP contribution >= 0.6 is 0 Å². The first-order valence-corrected chi connectivity index (χ1v) is 13.1. The van der Waals surface area contributed by atoms with Gasteiger partial charge < -0.3 is 0 Å². The Labute approximate surface area is 184 Å². The molecule has 0 amide bonds. The van der Waals surface area contributed by atoms with Gasteiger partial charge in [-0.3, -0.25) is 0 Å². The first-order chi connectivity index (χ1) is 14.7. The molecule has 0 bridgehead atoms. The van der Waals surface area contributed by atoms with Crippen LogP contribution in [0.1, 0.15) is 107 Å². The molecule has 0 radical (unpaired) electrons. The van der Waals surface area contributed by atoms with Crippen molar-refractivity contribution in [2.45, 2.75) is 103 Å². The predicted octanol–water partition coefficient (Wildman–Crippen LogP) is 8.85. The minimum Gasteiger partial charge on any atom is -0.207 e. The number of rotatable bonds is 7. The molecule has 1 heteroatoms. The van der Waals surface area contributed by atoms with Gasteiger partial charge in [0.1, 0.15) is 5.82 Å². The standard InChI is InChI=1S/C29H43F/c1-3-5-7-23-12-13-28(20-29(23)30)27-17-16-25-18-24(14-15-26(25)19-27)22-10-8-21(6-4-2)9-11-22/h3,12-13,20-22,24-27H,1,4-11,14-19H2,2H3. The molecule has 3 aliphatic rings. The van der Waals surface area contributed by atoms with Gasteiger partial charge in [0.25, 0.3) is 0 Å². The maximum atomic E-state index is 14.6. The van der Waals surface area contributed by atoms with Crippen LogP contribution in [-0.4, -0.2) is 0 Å². The summed E-state index contributed by atoms with van der Waals surface area (Å²) in [6, 6.07) is 6.10. The van der Waals surface area contributed by atoms with E-state index in [0.717, 1.165) is 48.0 Å². The second-order valence-electron chi connectivity index (χ2n) is 10.9. The van der Waals surface area contributed by atoms with E-state index in [1.807, 2.05) is 18.2 Å². The zero-order valence-corrected chi connectivity index (χ0v) is 19.3. The van der Waals surface area contributed by atoms with Crippen molar-refractivity contribution in [1.29, 1.82) is 0 Å². The molecule has 3 saturated carbocycles. The molecule has 0 aromatic heterocycles. The van der Waals surface area contributed by atoms with Crippen LogP contribution in [0.5, 0.6) is 0 Å². The van der Waals surface area contributed by atoms with Gasteiger partial charge in [0, 0.05) is 0 Å². The molecule has 0 spiro atoms. The van der Waals surface area contributed by atoms with Crippen LogP contribution < -0.4 is 0 Å². The van der Waals surface area contributed by atoms with Crippen molar-refractivity contribution in [2.75, 3.05) is 0 Å². The molecule has 0 heterocycles. The van der Waals surface area contributed by atoms with E-state index >= 15 is 0 Å². The Hall–Kier alpha value is -1.11. The highest BCUT2D eigenvalue weighted by atomic mass is 19.1. The molecule has 1 aromatic rings. The van der Waals surface area contributed by atoms with E-state index < -0.39 is 0 Å². The maximum Gasteiger partial charge on any atom is 0.126 e. The molecule has 166 valence electrons. The average molecular weight is 411 g/mol. The summed E-state index contributed by atoms with van der Waals surface area (Å²) >= 11 is 0. The second kappa shape index (κ2) is 10.5. The van der Waals surface area contributed by atoms with E-state index in [4.69, 9.17) is 0 Å². The van der Waals surface area contributed by atoms with Crippen molar-refractivity contribution in [3.8, 4) is 0 Å². The number of halogens is 1. The van der Waals surface area contributed by atoms with E-state index in [2.05, 4.69) is 19.6 Å². The summed E-state index contributed by atoms with van der Waals surface area (Å²) in [6.45, 7) is 6.10. The van der Waals surface area contributed by atoms with E-state index in [1.54, 1.807) is 0 Å². The molecule has 0 nitrogen and oxygen atoms in total. The Balaban J connectivity index is 1.29. The van der Waals surface area contributed by atoms with Crippen LogP contribution in [0.2, 0.25) is 0 Å². The fourth-order valence-electron chi connectivity index (χ4n) is 7.29. The van der Waals surface area contributed by atoms with Crippen LogP contribution in [-0.2, 0) is 6.42 Å². The molecule has 0 saturated heterocycles. The van der Waals surface area contributed by atoms with Crippen LogP contribution in [0.4, 0.5) is 4.39 Å². The lowest BCUT2D eigenvalue weighted by molar-refractivity contribution is 0.0711. The third-order valence-electron chi connectivity index (χ3n) is 9.07. The van der Waals surface area contributed by atoms with Crippen LogP contribution in [0.15, 0.2) is 30.9 Å². The molecule has 3 aliphatic carbocycles. The minimum absolute atomic E-state index is 0.00106. The normalized spacial score (nSPS) is 34.3. The number of benzene rings is 1. The van der Waals surface area contributed by atoms with Gasteiger partial charge in [-0.25, -0.2) is 4.39 Å². The zero-order valence-electron chi connectivity index (χ0n) is 19.3. The highest BCUT2D eigenvalue weighted by Crippen LogP contribution is 2.51. The summed E-state index contributed by atoms with van der Waals surface area (Å²) in [5.41, 5.74) is 2.10. The van der Waals surface area contributed by atoms with Gasteiger partial charge in [0.05, 0.1) is 0 Å². The topological polar surface area (TPSA) is 0 Å². The number of aryl methyl sites for hydroxylation is 1. The predicted molar refractivity (Wildman–Crippen MR) is 126 cm³/mol. The van der Waals surface area contributed by atoms with Crippen molar-refractivity contribution in [3.05, 3.63) is 47.8 Å². The second-order valence-corrected chi connectivity index (χ2v) is 10.9. The van der Waals surface area contributed by atoms with E-state index in [9.17, 15) is 4.39 Å². The molecule has 4 unspecified atom stereocenters. The van der Waals surface area contributed by atoms with Gasteiger partial charge in [-0.2, -0.15) is 0 Å². The van der Waals surface area contributed by atoms with Gasteiger partial charge in [-0.1, -0.05) is 50.8 Å². The zero-order chi connectivity index (χ0) is 20.9. The highest BCUT2D eigenvalue weighted by Gasteiger charge is 2.39. The van der Waals surface area contributed by atoms with Crippen molar-refractivity contribution in [3.63, 3.8) is 0 Å². The molecule has 3 fully saturated rings. The van der Waals surface area contributed by atoms with Crippen LogP contribution in [0.25, 0.3) is 0 Å². The van der Waals surface area contributed by atoms with Crippen LogP contribution in [0.3, 0.4) is 0 Å². The summed E-state index contributed by atoms with van der Waals surface area (Å²) in [6.07, 6.45) is 20.7. The molecule has 1 aromatic carbocycles. The molecule has 4 rings (SSSR count). The molecule has 0 aliphatic heterocycles. The van der Waals surface area contributed by atoms with Gasteiger partial charge in [-0.05, 0) is 117 Å². The summed E-state index contributed by atoms with van der Waals surface area (Å²) in [5, 5.41) is 0. The van der Waals surface area contributed by atoms with Gasteiger partial charge in [0.2, 0.25) is 0 Å². The summed E-state index contributed by atoms with van der Waals surface area (Å²) < 4.78 is 14.6. The molecule has 4 atom stereocenters. The van der Waals surface area contributed by atoms with E-state index in [-0.39, 0.29) is 5.82 Å². The van der Waals surface area contributed by atoms with Gasteiger partial charge in [0.15, 0.2) is 0 Å². The van der Waals surface area contributed by atoms with Crippen molar-refractivity contribution < 1.29 is 4.39 Å². The number of fused-ring (bicyclic) bond motifs is 1. The summed E-state index contributed by atoms with van der Waals surface area (Å²) in [5.74, 6) is 5.47. The van der Waals surface area contributed by atoms with Crippen LogP contribution in [0, 0.1) is 35.4 Å². The largest absolute Gasteiger partial charge is 0.207 e.